The van der Waals surface area contributed by atoms with Crippen LogP contribution in [0.1, 0.15) is 37.8 Å². The second-order valence-electron chi connectivity index (χ2n) is 10.4. The normalized spacial score (nSPS) is 18.6. The Bertz CT molecular complexity index is 1460. The minimum atomic E-state index is -3.45. The number of ketones is 2. The lowest BCUT2D eigenvalue weighted by Gasteiger charge is -2.44. The third kappa shape index (κ3) is 6.41. The van der Waals surface area contributed by atoms with Crippen LogP contribution in [0.2, 0.25) is 0 Å². The van der Waals surface area contributed by atoms with E-state index < -0.39 is 33.6 Å². The van der Waals surface area contributed by atoms with Crippen LogP contribution in [0.15, 0.2) is 66.7 Å². The van der Waals surface area contributed by atoms with Crippen molar-refractivity contribution in [2.45, 2.75) is 12.8 Å². The molecule has 2 atom stereocenters. The van der Waals surface area contributed by atoms with Crippen molar-refractivity contribution in [3.05, 3.63) is 94.8 Å². The van der Waals surface area contributed by atoms with Crippen LogP contribution in [0.4, 0.5) is 4.39 Å². The second kappa shape index (κ2) is 11.9. The molecular weight excluding hydrogens is 535 g/mol. The smallest absolute Gasteiger partial charge is 0.210 e. The van der Waals surface area contributed by atoms with Crippen molar-refractivity contribution in [2.24, 2.45) is 11.8 Å². The van der Waals surface area contributed by atoms with E-state index in [9.17, 15) is 32.6 Å². The van der Waals surface area contributed by atoms with E-state index in [0.717, 1.165) is 6.26 Å². The van der Waals surface area contributed by atoms with Gasteiger partial charge in [0.25, 0.3) is 0 Å². The van der Waals surface area contributed by atoms with Crippen LogP contribution in [-0.4, -0.2) is 78.9 Å². The average Bonchev–Trinajstić information content (AvgIpc) is 2.91. The predicted octanol–water partition coefficient (Wildman–Crippen LogP) is 3.83. The molecule has 0 amide bonds. The monoisotopic (exact) mass is 568 g/mol. The number of phenolic OH excluding ortho intramolecular Hbond substituents is 2. The molecule has 0 spiro atoms. The zero-order valence-corrected chi connectivity index (χ0v) is 23.4. The molecule has 0 aliphatic carbocycles. The topological polar surface area (TPSA) is 115 Å². The Morgan fingerprint density at radius 3 is 1.90 bits per heavy atom. The zero-order chi connectivity index (χ0) is 29.2. The van der Waals surface area contributed by atoms with Crippen molar-refractivity contribution in [1.82, 2.24) is 9.21 Å². The molecule has 0 aromatic heterocycles. The molecule has 1 aliphatic rings. The summed E-state index contributed by atoms with van der Waals surface area (Å²) in [7, 11) is -1.99. The number of likely N-dealkylation sites (tertiary alicyclic amines) is 1. The van der Waals surface area contributed by atoms with E-state index in [4.69, 9.17) is 0 Å². The standard InChI is InChI=1S/C30H33FN2O6S/c1-19-24(11-6-12-27(19)31)28-25(29(36)20-7-4-9-22(34)15-20)17-33(14-13-32(2)40(3,38)39)18-26(28)30(37)21-8-5-10-23(35)16-21/h4-12,15-16,25-26,28,34-35H,13-14,17-18H2,1-3H3/t25-,26-/m0/s1. The molecule has 1 heterocycles. The van der Waals surface area contributed by atoms with Crippen LogP contribution in [0.5, 0.6) is 11.5 Å². The van der Waals surface area contributed by atoms with E-state index in [1.54, 1.807) is 43.3 Å². The predicted molar refractivity (Wildman–Crippen MR) is 150 cm³/mol. The quantitative estimate of drug-likeness (QED) is 0.377. The summed E-state index contributed by atoms with van der Waals surface area (Å²) in [5, 5.41) is 20.1. The maximum Gasteiger partial charge on any atom is 0.210 e. The van der Waals surface area contributed by atoms with Crippen LogP contribution >= 0.6 is 0 Å². The largest absolute Gasteiger partial charge is 0.508 e. The van der Waals surface area contributed by atoms with E-state index in [1.165, 1.54) is 41.7 Å². The lowest BCUT2D eigenvalue weighted by molar-refractivity contribution is 0.0565. The first-order chi connectivity index (χ1) is 18.9. The van der Waals surface area contributed by atoms with Crippen molar-refractivity contribution >= 4 is 21.6 Å². The Kier molecular flexibility index (Phi) is 8.72. The summed E-state index contributed by atoms with van der Waals surface area (Å²) in [5.41, 5.74) is 1.37. The van der Waals surface area contributed by atoms with E-state index in [1.807, 2.05) is 4.90 Å². The first-order valence-corrected chi connectivity index (χ1v) is 14.8. The van der Waals surface area contributed by atoms with Crippen LogP contribution in [0, 0.1) is 24.6 Å². The number of aromatic hydroxyl groups is 2. The Labute approximate surface area is 233 Å². The summed E-state index contributed by atoms with van der Waals surface area (Å²) in [4.78, 5) is 30.0. The van der Waals surface area contributed by atoms with Crippen LogP contribution in [-0.2, 0) is 10.0 Å². The minimum Gasteiger partial charge on any atom is -0.508 e. The van der Waals surface area contributed by atoms with Crippen molar-refractivity contribution in [1.29, 1.82) is 0 Å². The van der Waals surface area contributed by atoms with Gasteiger partial charge in [-0.1, -0.05) is 36.4 Å². The molecule has 0 unspecified atom stereocenters. The maximum absolute atomic E-state index is 14.8. The number of likely N-dealkylation sites (N-methyl/N-ethyl adjacent to an activating group) is 1. The SMILES string of the molecule is Cc1c(F)cccc1C1[C@@H](C(=O)c2cccc(O)c2)CN(CCN(C)S(C)(=O)=O)C[C@@H]1C(=O)c1cccc(O)c1. The molecule has 10 heteroatoms. The fourth-order valence-electron chi connectivity index (χ4n) is 5.43. The highest BCUT2D eigenvalue weighted by molar-refractivity contribution is 7.88. The van der Waals surface area contributed by atoms with E-state index in [0.29, 0.717) is 11.1 Å². The maximum atomic E-state index is 14.8. The van der Waals surface area contributed by atoms with Gasteiger partial charge < -0.3 is 15.1 Å². The number of carbonyl (C=O) groups excluding carboxylic acids is 2. The lowest BCUT2D eigenvalue weighted by atomic mass is 9.68. The van der Waals surface area contributed by atoms with Crippen LogP contribution in [0.25, 0.3) is 0 Å². The van der Waals surface area contributed by atoms with Gasteiger partial charge in [-0.15, -0.1) is 0 Å². The van der Waals surface area contributed by atoms with Gasteiger partial charge in [0.05, 0.1) is 6.26 Å². The number of rotatable bonds is 9. The van der Waals surface area contributed by atoms with Gasteiger partial charge in [0.15, 0.2) is 11.6 Å². The number of hydrogen-bond acceptors (Lipinski definition) is 7. The first-order valence-electron chi connectivity index (χ1n) is 12.9. The van der Waals surface area contributed by atoms with Gasteiger partial charge in [0.1, 0.15) is 17.3 Å². The summed E-state index contributed by atoms with van der Waals surface area (Å²) in [6, 6.07) is 16.5. The fourth-order valence-corrected chi connectivity index (χ4v) is 5.84. The Hall–Kier alpha value is -3.60. The highest BCUT2D eigenvalue weighted by Gasteiger charge is 2.45. The third-order valence-corrected chi connectivity index (χ3v) is 8.99. The van der Waals surface area contributed by atoms with E-state index in [2.05, 4.69) is 0 Å². The summed E-state index contributed by atoms with van der Waals surface area (Å²) < 4.78 is 40.0. The first kappa shape index (κ1) is 29.4. The summed E-state index contributed by atoms with van der Waals surface area (Å²) >= 11 is 0. The molecule has 4 rings (SSSR count). The molecule has 3 aromatic carbocycles. The summed E-state index contributed by atoms with van der Waals surface area (Å²) in [6.45, 7) is 2.39. The van der Waals surface area contributed by atoms with Crippen molar-refractivity contribution < 1.29 is 32.6 Å². The number of sulfonamides is 1. The number of benzene rings is 3. The second-order valence-corrected chi connectivity index (χ2v) is 12.5. The molecule has 0 radical (unpaired) electrons. The van der Waals surface area contributed by atoms with Gasteiger partial charge in [-0.25, -0.2) is 17.1 Å². The van der Waals surface area contributed by atoms with Gasteiger partial charge >= 0.3 is 0 Å². The average molecular weight is 569 g/mol. The van der Waals surface area contributed by atoms with Gasteiger partial charge in [0.2, 0.25) is 10.0 Å². The number of piperidine rings is 1. The summed E-state index contributed by atoms with van der Waals surface area (Å²) in [6.07, 6.45) is 1.11. The fraction of sp³-hybridized carbons (Fsp3) is 0.333. The molecule has 40 heavy (non-hydrogen) atoms. The van der Waals surface area contributed by atoms with Crippen molar-refractivity contribution in [3.8, 4) is 11.5 Å². The number of halogens is 1. The van der Waals surface area contributed by atoms with Gasteiger partial charge in [-0.2, -0.15) is 0 Å². The molecule has 0 bridgehead atoms. The molecule has 1 fully saturated rings. The Morgan fingerprint density at radius 1 is 0.925 bits per heavy atom. The minimum absolute atomic E-state index is 0.0841. The molecule has 2 N–H and O–H groups in total. The van der Waals surface area contributed by atoms with Crippen molar-refractivity contribution in [2.75, 3.05) is 39.5 Å². The number of carbonyl (C=O) groups is 2. The van der Waals surface area contributed by atoms with Crippen molar-refractivity contribution in [3.63, 3.8) is 0 Å². The van der Waals surface area contributed by atoms with Crippen LogP contribution < -0.4 is 0 Å². The third-order valence-electron chi connectivity index (χ3n) is 7.68. The molecular formula is C30H33FN2O6S. The van der Waals surface area contributed by atoms with Gasteiger partial charge in [-0.3, -0.25) is 9.59 Å². The molecule has 1 saturated heterocycles. The molecule has 1 aliphatic heterocycles. The molecule has 3 aromatic rings. The molecule has 212 valence electrons. The Balaban J connectivity index is 1.83. The number of phenols is 2. The zero-order valence-electron chi connectivity index (χ0n) is 22.6. The molecule has 8 nitrogen and oxygen atoms in total. The highest BCUT2D eigenvalue weighted by Crippen LogP contribution is 2.42. The Morgan fingerprint density at radius 2 is 1.43 bits per heavy atom. The number of nitrogens with zero attached hydrogens (tertiary/aromatic N) is 2. The molecule has 0 saturated carbocycles. The number of hydrogen-bond donors (Lipinski definition) is 2. The highest BCUT2D eigenvalue weighted by atomic mass is 32.2. The lowest BCUT2D eigenvalue weighted by Crippen LogP contribution is -2.52. The van der Waals surface area contributed by atoms with E-state index >= 15 is 0 Å². The van der Waals surface area contributed by atoms with Gasteiger partial charge in [-0.05, 0) is 48.4 Å². The summed E-state index contributed by atoms with van der Waals surface area (Å²) in [5.74, 6) is -3.61. The van der Waals surface area contributed by atoms with Crippen LogP contribution in [0.3, 0.4) is 0 Å². The number of Topliss-reactive ketones (excluding diaryl/α,β-unsaturated/α-hetero) is 2. The van der Waals surface area contributed by atoms with E-state index in [-0.39, 0.29) is 60.4 Å². The van der Waals surface area contributed by atoms with Gasteiger partial charge in [0, 0.05) is 62.1 Å².